The van der Waals surface area contributed by atoms with Crippen LogP contribution in [-0.2, 0) is 12.8 Å². The van der Waals surface area contributed by atoms with E-state index in [0.717, 1.165) is 19.4 Å². The molecule has 1 unspecified atom stereocenters. The zero-order valence-corrected chi connectivity index (χ0v) is 10.7. The molecule has 3 nitrogen and oxygen atoms in total. The predicted octanol–water partition coefficient (Wildman–Crippen LogP) is 1.70. The molecule has 1 aromatic heterocycles. The van der Waals surface area contributed by atoms with Crippen molar-refractivity contribution in [2.75, 3.05) is 19.6 Å². The van der Waals surface area contributed by atoms with E-state index < -0.39 is 0 Å². The standard InChI is InChI=1S/C12H20N2OS/c1-10(15)8-11-9-13-12(16-11)4-7-14-5-2-3-6-14/h9-10,15H,2-8H2,1H3. The van der Waals surface area contributed by atoms with E-state index in [0.29, 0.717) is 0 Å². The Balaban J connectivity index is 1.78. The Labute approximate surface area is 101 Å². The number of aliphatic hydroxyl groups is 1. The summed E-state index contributed by atoms with van der Waals surface area (Å²) in [6.07, 6.45) is 6.16. The predicted molar refractivity (Wildman–Crippen MR) is 66.9 cm³/mol. The lowest BCUT2D eigenvalue weighted by molar-refractivity contribution is 0.196. The van der Waals surface area contributed by atoms with Gasteiger partial charge in [-0.2, -0.15) is 0 Å². The molecule has 0 spiro atoms. The third kappa shape index (κ3) is 3.54. The highest BCUT2D eigenvalue weighted by Crippen LogP contribution is 2.16. The summed E-state index contributed by atoms with van der Waals surface area (Å²) < 4.78 is 0. The van der Waals surface area contributed by atoms with Crippen molar-refractivity contribution < 1.29 is 5.11 Å². The fourth-order valence-corrected chi connectivity index (χ4v) is 3.14. The number of thiazole rings is 1. The molecule has 2 rings (SSSR count). The third-order valence-corrected chi connectivity index (χ3v) is 4.02. The highest BCUT2D eigenvalue weighted by atomic mass is 32.1. The smallest absolute Gasteiger partial charge is 0.0940 e. The van der Waals surface area contributed by atoms with Crippen LogP contribution in [0.2, 0.25) is 0 Å². The normalized spacial score (nSPS) is 19.1. The van der Waals surface area contributed by atoms with E-state index in [1.165, 1.54) is 35.8 Å². The molecule has 0 amide bonds. The lowest BCUT2D eigenvalue weighted by Crippen LogP contribution is -2.21. The molecular formula is C12H20N2OS. The van der Waals surface area contributed by atoms with Crippen LogP contribution in [0.25, 0.3) is 0 Å². The van der Waals surface area contributed by atoms with Crippen LogP contribution in [0.4, 0.5) is 0 Å². The average Bonchev–Trinajstić information content (AvgIpc) is 2.84. The number of rotatable bonds is 5. The van der Waals surface area contributed by atoms with Gasteiger partial charge in [-0.05, 0) is 32.9 Å². The molecule has 1 N–H and O–H groups in total. The van der Waals surface area contributed by atoms with Gasteiger partial charge in [-0.3, -0.25) is 0 Å². The summed E-state index contributed by atoms with van der Waals surface area (Å²) in [5, 5.41) is 10.5. The monoisotopic (exact) mass is 240 g/mol. The van der Waals surface area contributed by atoms with Crippen LogP contribution in [0.1, 0.15) is 29.7 Å². The molecular weight excluding hydrogens is 220 g/mol. The van der Waals surface area contributed by atoms with Crippen molar-refractivity contribution in [3.05, 3.63) is 16.1 Å². The van der Waals surface area contributed by atoms with Gasteiger partial charge in [-0.25, -0.2) is 4.98 Å². The van der Waals surface area contributed by atoms with E-state index >= 15 is 0 Å². The summed E-state index contributed by atoms with van der Waals surface area (Å²) >= 11 is 1.75. The van der Waals surface area contributed by atoms with Gasteiger partial charge < -0.3 is 10.0 Å². The SMILES string of the molecule is CC(O)Cc1cnc(CCN2CCCC2)s1. The highest BCUT2D eigenvalue weighted by Gasteiger charge is 2.12. The molecule has 90 valence electrons. The Kier molecular flexibility index (Phi) is 4.32. The summed E-state index contributed by atoms with van der Waals surface area (Å²) in [6.45, 7) is 5.48. The summed E-state index contributed by atoms with van der Waals surface area (Å²) in [5.41, 5.74) is 0. The van der Waals surface area contributed by atoms with E-state index in [1.54, 1.807) is 11.3 Å². The Hall–Kier alpha value is -0.450. The minimum Gasteiger partial charge on any atom is -0.393 e. The fraction of sp³-hybridized carbons (Fsp3) is 0.750. The quantitative estimate of drug-likeness (QED) is 0.851. The van der Waals surface area contributed by atoms with Crippen molar-refractivity contribution >= 4 is 11.3 Å². The Morgan fingerprint density at radius 2 is 2.25 bits per heavy atom. The van der Waals surface area contributed by atoms with Gasteiger partial charge in [-0.1, -0.05) is 0 Å². The lowest BCUT2D eigenvalue weighted by Gasteiger charge is -2.12. The molecule has 4 heteroatoms. The Bertz CT molecular complexity index is 319. The first-order valence-corrected chi connectivity index (χ1v) is 6.89. The first-order chi connectivity index (χ1) is 7.74. The lowest BCUT2D eigenvalue weighted by atomic mass is 10.3. The van der Waals surface area contributed by atoms with E-state index in [1.807, 2.05) is 13.1 Å². The average molecular weight is 240 g/mol. The number of likely N-dealkylation sites (tertiary alicyclic amines) is 1. The summed E-state index contributed by atoms with van der Waals surface area (Å²) in [6, 6.07) is 0. The summed E-state index contributed by atoms with van der Waals surface area (Å²) in [7, 11) is 0. The van der Waals surface area contributed by atoms with Crippen molar-refractivity contribution in [1.29, 1.82) is 0 Å². The molecule has 0 bridgehead atoms. The number of aliphatic hydroxyl groups excluding tert-OH is 1. The first-order valence-electron chi connectivity index (χ1n) is 6.08. The summed E-state index contributed by atoms with van der Waals surface area (Å²) in [4.78, 5) is 8.12. The maximum absolute atomic E-state index is 9.29. The third-order valence-electron chi connectivity index (χ3n) is 2.94. The van der Waals surface area contributed by atoms with E-state index in [-0.39, 0.29) is 6.10 Å². The van der Waals surface area contributed by atoms with Gasteiger partial charge in [0.2, 0.25) is 0 Å². The van der Waals surface area contributed by atoms with E-state index in [4.69, 9.17) is 0 Å². The van der Waals surface area contributed by atoms with Crippen molar-refractivity contribution in [1.82, 2.24) is 9.88 Å². The maximum Gasteiger partial charge on any atom is 0.0940 e. The zero-order valence-electron chi connectivity index (χ0n) is 9.85. The van der Waals surface area contributed by atoms with Gasteiger partial charge in [-0.15, -0.1) is 11.3 Å². The molecule has 1 saturated heterocycles. The topological polar surface area (TPSA) is 36.4 Å². The van der Waals surface area contributed by atoms with Crippen LogP contribution in [0.5, 0.6) is 0 Å². The Morgan fingerprint density at radius 3 is 2.94 bits per heavy atom. The van der Waals surface area contributed by atoms with Gasteiger partial charge in [0.1, 0.15) is 0 Å². The van der Waals surface area contributed by atoms with Crippen LogP contribution in [-0.4, -0.2) is 40.7 Å². The number of aromatic nitrogens is 1. The van der Waals surface area contributed by atoms with Crippen LogP contribution in [0.15, 0.2) is 6.20 Å². The number of nitrogens with zero attached hydrogens (tertiary/aromatic N) is 2. The molecule has 1 aliphatic heterocycles. The van der Waals surface area contributed by atoms with Crippen LogP contribution in [0, 0.1) is 0 Å². The highest BCUT2D eigenvalue weighted by molar-refractivity contribution is 7.11. The second-order valence-electron chi connectivity index (χ2n) is 4.57. The van der Waals surface area contributed by atoms with Gasteiger partial charge >= 0.3 is 0 Å². The van der Waals surface area contributed by atoms with E-state index in [9.17, 15) is 5.11 Å². The maximum atomic E-state index is 9.29. The summed E-state index contributed by atoms with van der Waals surface area (Å²) in [5.74, 6) is 0. The van der Waals surface area contributed by atoms with Gasteiger partial charge in [0.15, 0.2) is 0 Å². The van der Waals surface area contributed by atoms with E-state index in [2.05, 4.69) is 9.88 Å². The van der Waals surface area contributed by atoms with Crippen LogP contribution < -0.4 is 0 Å². The van der Waals surface area contributed by atoms with Crippen LogP contribution in [0.3, 0.4) is 0 Å². The second kappa shape index (κ2) is 5.75. The minimum absolute atomic E-state index is 0.258. The molecule has 2 heterocycles. The molecule has 0 aliphatic carbocycles. The van der Waals surface area contributed by atoms with Crippen molar-refractivity contribution in [2.45, 2.75) is 38.7 Å². The molecule has 1 aliphatic rings. The molecule has 0 radical (unpaired) electrons. The molecule has 1 atom stereocenters. The number of hydrogen-bond acceptors (Lipinski definition) is 4. The molecule has 1 fully saturated rings. The fourth-order valence-electron chi connectivity index (χ4n) is 2.11. The minimum atomic E-state index is -0.258. The van der Waals surface area contributed by atoms with Gasteiger partial charge in [0.05, 0.1) is 11.1 Å². The van der Waals surface area contributed by atoms with Crippen molar-refractivity contribution in [2.24, 2.45) is 0 Å². The van der Waals surface area contributed by atoms with Gasteiger partial charge in [0, 0.05) is 30.5 Å². The Morgan fingerprint density at radius 1 is 1.50 bits per heavy atom. The second-order valence-corrected chi connectivity index (χ2v) is 5.77. The molecule has 0 aromatic carbocycles. The van der Waals surface area contributed by atoms with Crippen molar-refractivity contribution in [3.63, 3.8) is 0 Å². The largest absolute Gasteiger partial charge is 0.393 e. The van der Waals surface area contributed by atoms with Crippen LogP contribution >= 0.6 is 11.3 Å². The molecule has 1 aromatic rings. The first kappa shape index (κ1) is 12.0. The zero-order chi connectivity index (χ0) is 11.4. The van der Waals surface area contributed by atoms with Gasteiger partial charge in [0.25, 0.3) is 0 Å². The van der Waals surface area contributed by atoms with Crippen molar-refractivity contribution in [3.8, 4) is 0 Å². The molecule has 0 saturated carbocycles. The number of hydrogen-bond donors (Lipinski definition) is 1. The molecule has 16 heavy (non-hydrogen) atoms.